The van der Waals surface area contributed by atoms with E-state index in [0.717, 1.165) is 13.0 Å². The maximum absolute atomic E-state index is 8.62. The molecule has 0 saturated carbocycles. The highest BCUT2D eigenvalue weighted by molar-refractivity contribution is 7.12. The second-order valence-electron chi connectivity index (χ2n) is 3.20. The van der Waals surface area contributed by atoms with Gasteiger partial charge in [-0.2, -0.15) is 0 Å². The van der Waals surface area contributed by atoms with E-state index in [1.165, 1.54) is 9.75 Å². The van der Waals surface area contributed by atoms with Gasteiger partial charge in [0.25, 0.3) is 0 Å². The Morgan fingerprint density at radius 1 is 1.54 bits per heavy atom. The van der Waals surface area contributed by atoms with Crippen LogP contribution in [0.5, 0.6) is 0 Å². The molecule has 74 valence electrons. The fourth-order valence-corrected chi connectivity index (χ4v) is 2.09. The average molecular weight is 199 g/mol. The van der Waals surface area contributed by atoms with Crippen molar-refractivity contribution in [1.82, 2.24) is 5.32 Å². The molecule has 2 N–H and O–H groups in total. The predicted octanol–water partition coefficient (Wildman–Crippen LogP) is 2.09. The van der Waals surface area contributed by atoms with Crippen molar-refractivity contribution in [1.29, 1.82) is 0 Å². The lowest BCUT2D eigenvalue weighted by atomic mass is 10.2. The molecule has 1 heterocycles. The third-order valence-electron chi connectivity index (χ3n) is 1.97. The van der Waals surface area contributed by atoms with Crippen molar-refractivity contribution in [3.05, 3.63) is 21.9 Å². The molecule has 1 aromatic heterocycles. The summed E-state index contributed by atoms with van der Waals surface area (Å²) < 4.78 is 0. The summed E-state index contributed by atoms with van der Waals surface area (Å²) in [5, 5.41) is 12.0. The Morgan fingerprint density at radius 3 is 2.85 bits per heavy atom. The van der Waals surface area contributed by atoms with E-state index in [-0.39, 0.29) is 6.61 Å². The van der Waals surface area contributed by atoms with Crippen LogP contribution in [0.2, 0.25) is 0 Å². The Morgan fingerprint density at radius 2 is 2.31 bits per heavy atom. The molecule has 0 unspecified atom stereocenters. The summed E-state index contributed by atoms with van der Waals surface area (Å²) in [7, 11) is 0. The van der Waals surface area contributed by atoms with Crippen LogP contribution >= 0.6 is 11.3 Å². The van der Waals surface area contributed by atoms with Crippen LogP contribution in [-0.4, -0.2) is 18.3 Å². The fraction of sp³-hybridized carbons (Fsp3) is 0.600. The van der Waals surface area contributed by atoms with Gasteiger partial charge in [-0.15, -0.1) is 11.3 Å². The molecule has 0 aliphatic rings. The molecule has 0 fully saturated rings. The Balaban J connectivity index is 2.35. The first kappa shape index (κ1) is 10.7. The van der Waals surface area contributed by atoms with Gasteiger partial charge in [-0.05, 0) is 38.9 Å². The quantitative estimate of drug-likeness (QED) is 0.712. The third-order valence-corrected chi connectivity index (χ3v) is 3.16. The van der Waals surface area contributed by atoms with Crippen molar-refractivity contribution in [2.45, 2.75) is 26.3 Å². The number of aliphatic hydroxyl groups is 1. The molecule has 2 nitrogen and oxygen atoms in total. The van der Waals surface area contributed by atoms with Crippen LogP contribution < -0.4 is 5.32 Å². The van der Waals surface area contributed by atoms with Gasteiger partial charge in [-0.3, -0.25) is 0 Å². The molecule has 1 aromatic rings. The summed E-state index contributed by atoms with van der Waals surface area (Å²) >= 11 is 1.83. The van der Waals surface area contributed by atoms with E-state index in [2.05, 4.69) is 31.3 Å². The number of nitrogens with one attached hydrogen (secondary N) is 1. The van der Waals surface area contributed by atoms with E-state index in [0.29, 0.717) is 6.04 Å². The minimum Gasteiger partial charge on any atom is -0.396 e. The lowest BCUT2D eigenvalue weighted by Crippen LogP contribution is -2.19. The van der Waals surface area contributed by atoms with Crippen molar-refractivity contribution >= 4 is 11.3 Å². The maximum Gasteiger partial charge on any atom is 0.0443 e. The molecule has 0 spiro atoms. The monoisotopic (exact) mass is 199 g/mol. The highest BCUT2D eigenvalue weighted by Crippen LogP contribution is 2.21. The van der Waals surface area contributed by atoms with Gasteiger partial charge in [0.15, 0.2) is 0 Å². The SMILES string of the molecule is Cc1ccc([C@@H](C)NCCCO)s1. The minimum absolute atomic E-state index is 0.267. The van der Waals surface area contributed by atoms with Crippen molar-refractivity contribution in [2.24, 2.45) is 0 Å². The zero-order valence-electron chi connectivity index (χ0n) is 8.21. The second-order valence-corrected chi connectivity index (χ2v) is 4.52. The summed E-state index contributed by atoms with van der Waals surface area (Å²) in [6.07, 6.45) is 0.828. The van der Waals surface area contributed by atoms with Crippen LogP contribution in [0, 0.1) is 6.92 Å². The van der Waals surface area contributed by atoms with Gasteiger partial charge in [-0.1, -0.05) is 0 Å². The number of hydrogen-bond acceptors (Lipinski definition) is 3. The normalized spacial score (nSPS) is 13.2. The first-order chi connectivity index (χ1) is 6.24. The summed E-state index contributed by atoms with van der Waals surface area (Å²) in [5.74, 6) is 0. The zero-order valence-corrected chi connectivity index (χ0v) is 9.03. The molecule has 0 aliphatic carbocycles. The summed E-state index contributed by atoms with van der Waals surface area (Å²) in [6, 6.07) is 4.71. The van der Waals surface area contributed by atoms with Gasteiger partial charge in [0.2, 0.25) is 0 Å². The second kappa shape index (κ2) is 5.37. The van der Waals surface area contributed by atoms with Crippen LogP contribution in [0.3, 0.4) is 0 Å². The Labute approximate surface area is 83.6 Å². The Kier molecular flexibility index (Phi) is 4.42. The maximum atomic E-state index is 8.62. The molecule has 3 heteroatoms. The number of hydrogen-bond donors (Lipinski definition) is 2. The van der Waals surface area contributed by atoms with Crippen molar-refractivity contribution < 1.29 is 5.11 Å². The van der Waals surface area contributed by atoms with Gasteiger partial charge >= 0.3 is 0 Å². The van der Waals surface area contributed by atoms with E-state index in [1.54, 1.807) is 0 Å². The van der Waals surface area contributed by atoms with Gasteiger partial charge < -0.3 is 10.4 Å². The number of rotatable bonds is 5. The van der Waals surface area contributed by atoms with Crippen LogP contribution in [0.4, 0.5) is 0 Å². The number of thiophene rings is 1. The molecule has 13 heavy (non-hydrogen) atoms. The first-order valence-electron chi connectivity index (χ1n) is 4.64. The Hall–Kier alpha value is -0.380. The summed E-state index contributed by atoms with van der Waals surface area (Å²) in [4.78, 5) is 2.72. The number of aliphatic hydroxyl groups excluding tert-OH is 1. The summed E-state index contributed by atoms with van der Waals surface area (Å²) in [6.45, 7) is 5.43. The molecular weight excluding hydrogens is 182 g/mol. The molecule has 0 radical (unpaired) electrons. The molecule has 0 aliphatic heterocycles. The third kappa shape index (κ3) is 3.46. The topological polar surface area (TPSA) is 32.3 Å². The smallest absolute Gasteiger partial charge is 0.0443 e. The molecule has 0 amide bonds. The van der Waals surface area contributed by atoms with Gasteiger partial charge in [-0.25, -0.2) is 0 Å². The van der Waals surface area contributed by atoms with Crippen LogP contribution in [0.25, 0.3) is 0 Å². The zero-order chi connectivity index (χ0) is 9.68. The molecule has 0 aromatic carbocycles. The predicted molar refractivity (Wildman–Crippen MR) is 57.2 cm³/mol. The molecular formula is C10H17NOS. The average Bonchev–Trinajstić information content (AvgIpc) is 2.52. The lowest BCUT2D eigenvalue weighted by Gasteiger charge is -2.10. The largest absolute Gasteiger partial charge is 0.396 e. The van der Waals surface area contributed by atoms with Crippen LogP contribution in [0.1, 0.15) is 29.1 Å². The summed E-state index contributed by atoms with van der Waals surface area (Å²) in [5.41, 5.74) is 0. The fourth-order valence-electron chi connectivity index (χ4n) is 1.18. The Bertz CT molecular complexity index is 247. The van der Waals surface area contributed by atoms with Crippen molar-refractivity contribution in [3.8, 4) is 0 Å². The van der Waals surface area contributed by atoms with Gasteiger partial charge in [0.05, 0.1) is 0 Å². The standard InChI is InChI=1S/C10H17NOS/c1-8-4-5-10(13-8)9(2)11-6-3-7-12/h4-5,9,11-12H,3,6-7H2,1-2H3/t9-/m1/s1. The molecule has 1 atom stereocenters. The van der Waals surface area contributed by atoms with E-state index >= 15 is 0 Å². The highest BCUT2D eigenvalue weighted by Gasteiger charge is 2.05. The van der Waals surface area contributed by atoms with E-state index in [1.807, 2.05) is 11.3 Å². The van der Waals surface area contributed by atoms with Crippen LogP contribution in [-0.2, 0) is 0 Å². The van der Waals surface area contributed by atoms with Crippen molar-refractivity contribution in [2.75, 3.05) is 13.2 Å². The van der Waals surface area contributed by atoms with Gasteiger partial charge in [0, 0.05) is 22.4 Å². The first-order valence-corrected chi connectivity index (χ1v) is 5.46. The van der Waals surface area contributed by atoms with Crippen molar-refractivity contribution in [3.63, 3.8) is 0 Å². The van der Waals surface area contributed by atoms with Gasteiger partial charge in [0.1, 0.15) is 0 Å². The van der Waals surface area contributed by atoms with E-state index in [4.69, 9.17) is 5.11 Å². The molecule has 0 saturated heterocycles. The van der Waals surface area contributed by atoms with E-state index < -0.39 is 0 Å². The minimum atomic E-state index is 0.267. The highest BCUT2D eigenvalue weighted by atomic mass is 32.1. The van der Waals surface area contributed by atoms with Crippen LogP contribution in [0.15, 0.2) is 12.1 Å². The van der Waals surface area contributed by atoms with E-state index in [9.17, 15) is 0 Å². The molecule has 1 rings (SSSR count). The number of aryl methyl sites for hydroxylation is 1. The lowest BCUT2D eigenvalue weighted by molar-refractivity contribution is 0.284. The molecule has 0 bridgehead atoms.